The summed E-state index contributed by atoms with van der Waals surface area (Å²) in [6.45, 7) is 6.88. The number of nitrogens with zero attached hydrogens (tertiary/aromatic N) is 4. The zero-order chi connectivity index (χ0) is 21.3. The molecule has 3 fully saturated rings. The van der Waals surface area contributed by atoms with E-state index in [0.717, 1.165) is 25.9 Å². The summed E-state index contributed by atoms with van der Waals surface area (Å²) in [4.78, 5) is 42.5. The van der Waals surface area contributed by atoms with E-state index in [9.17, 15) is 14.4 Å². The first-order valence-corrected chi connectivity index (χ1v) is 11.4. The van der Waals surface area contributed by atoms with Gasteiger partial charge in [-0.15, -0.1) is 0 Å². The summed E-state index contributed by atoms with van der Waals surface area (Å²) in [5.74, 6) is 0.631. The van der Waals surface area contributed by atoms with Crippen molar-refractivity contribution in [2.45, 2.75) is 58.5 Å². The van der Waals surface area contributed by atoms with Crippen LogP contribution in [0.15, 0.2) is 12.3 Å². The van der Waals surface area contributed by atoms with E-state index in [0.29, 0.717) is 31.1 Å². The lowest BCUT2D eigenvalue weighted by atomic mass is 10.0. The maximum Gasteiger partial charge on any atom is 0.272 e. The third-order valence-electron chi connectivity index (χ3n) is 6.68. The number of rotatable bonds is 7. The summed E-state index contributed by atoms with van der Waals surface area (Å²) in [5.41, 5.74) is 0.507. The number of carbonyl (C=O) groups is 3. The lowest BCUT2D eigenvalue weighted by molar-refractivity contribution is -0.136. The van der Waals surface area contributed by atoms with E-state index in [1.807, 2.05) is 11.8 Å². The number of aromatic nitrogens is 2. The molecule has 8 nitrogen and oxygen atoms in total. The number of hydrogen-bond acceptors (Lipinski definition) is 4. The molecule has 1 aromatic rings. The highest BCUT2D eigenvalue weighted by Gasteiger charge is 2.44. The molecule has 2 heterocycles. The number of carbonyl (C=O) groups excluding carboxylic acids is 3. The summed E-state index contributed by atoms with van der Waals surface area (Å²) in [5, 5.41) is 7.26. The maximum atomic E-state index is 13.2. The molecule has 0 unspecified atom stereocenters. The van der Waals surface area contributed by atoms with Crippen LogP contribution in [0.4, 0.5) is 0 Å². The Hall–Kier alpha value is -2.38. The maximum absolute atomic E-state index is 13.2. The lowest BCUT2D eigenvalue weighted by Gasteiger charge is -2.26. The van der Waals surface area contributed by atoms with E-state index in [1.54, 1.807) is 21.8 Å². The van der Waals surface area contributed by atoms with Gasteiger partial charge in [-0.1, -0.05) is 6.92 Å². The van der Waals surface area contributed by atoms with Crippen molar-refractivity contribution in [1.29, 1.82) is 0 Å². The van der Waals surface area contributed by atoms with Crippen molar-refractivity contribution in [3.05, 3.63) is 18.0 Å². The van der Waals surface area contributed by atoms with Crippen LogP contribution in [0, 0.1) is 17.8 Å². The molecule has 30 heavy (non-hydrogen) atoms. The van der Waals surface area contributed by atoms with Crippen LogP contribution in [-0.2, 0) is 16.1 Å². The molecule has 164 valence electrons. The van der Waals surface area contributed by atoms with Gasteiger partial charge in [0.2, 0.25) is 11.8 Å². The zero-order valence-corrected chi connectivity index (χ0v) is 18.0. The van der Waals surface area contributed by atoms with Gasteiger partial charge in [-0.25, -0.2) is 0 Å². The number of aryl methyl sites for hydroxylation is 1. The van der Waals surface area contributed by atoms with Crippen LogP contribution in [-0.4, -0.2) is 69.5 Å². The van der Waals surface area contributed by atoms with E-state index in [1.165, 1.54) is 12.8 Å². The zero-order valence-electron chi connectivity index (χ0n) is 18.0. The summed E-state index contributed by atoms with van der Waals surface area (Å²) < 4.78 is 1.66. The standard InChI is InChI=1S/C22H33N5O3/c1-3-9-25(12-15-5-6-15)21(29)16-10-17-13-26(14-20(28)24-18(17)11-16)22(30)19-7-8-23-27(19)4-2/h7-8,15-18H,3-6,9-14H2,1-2H3,(H,24,28)/t16-,17+,18+/m0/s1. The Morgan fingerprint density at radius 2 is 2.07 bits per heavy atom. The summed E-state index contributed by atoms with van der Waals surface area (Å²) in [6.07, 6.45) is 6.43. The predicted octanol–water partition coefficient (Wildman–Crippen LogP) is 1.52. The molecule has 3 atom stereocenters. The molecule has 0 bridgehead atoms. The average Bonchev–Trinajstić information content (AvgIpc) is 3.31. The number of amides is 3. The van der Waals surface area contributed by atoms with Crippen LogP contribution in [0.3, 0.4) is 0 Å². The molecular weight excluding hydrogens is 382 g/mol. The minimum atomic E-state index is -0.165. The van der Waals surface area contributed by atoms with Crippen LogP contribution in [0.1, 0.15) is 56.4 Å². The van der Waals surface area contributed by atoms with Gasteiger partial charge in [-0.2, -0.15) is 5.10 Å². The smallest absolute Gasteiger partial charge is 0.272 e. The molecule has 2 aliphatic carbocycles. The molecule has 0 aromatic carbocycles. The normalized spacial score (nSPS) is 26.1. The Bertz CT molecular complexity index is 802. The van der Waals surface area contributed by atoms with Crippen molar-refractivity contribution in [2.24, 2.45) is 17.8 Å². The van der Waals surface area contributed by atoms with Crippen LogP contribution in [0.25, 0.3) is 0 Å². The minimum Gasteiger partial charge on any atom is -0.351 e. The monoisotopic (exact) mass is 415 g/mol. The van der Waals surface area contributed by atoms with Gasteiger partial charge < -0.3 is 15.1 Å². The second kappa shape index (κ2) is 8.78. The number of hydrogen-bond donors (Lipinski definition) is 1. The second-order valence-electron chi connectivity index (χ2n) is 9.05. The molecule has 4 rings (SSSR count). The topological polar surface area (TPSA) is 87.5 Å². The lowest BCUT2D eigenvalue weighted by Crippen LogP contribution is -2.41. The largest absolute Gasteiger partial charge is 0.351 e. The third kappa shape index (κ3) is 4.37. The molecule has 3 amide bonds. The molecule has 2 saturated carbocycles. The van der Waals surface area contributed by atoms with Crippen molar-refractivity contribution in [1.82, 2.24) is 24.9 Å². The van der Waals surface area contributed by atoms with Gasteiger partial charge in [-0.3, -0.25) is 19.1 Å². The van der Waals surface area contributed by atoms with Crippen molar-refractivity contribution in [2.75, 3.05) is 26.2 Å². The van der Waals surface area contributed by atoms with Crippen molar-refractivity contribution >= 4 is 17.7 Å². The van der Waals surface area contributed by atoms with Gasteiger partial charge in [0.25, 0.3) is 5.91 Å². The van der Waals surface area contributed by atoms with Crippen molar-refractivity contribution in [3.63, 3.8) is 0 Å². The Balaban J connectivity index is 1.45. The number of fused-ring (bicyclic) bond motifs is 1. The molecule has 1 saturated heterocycles. The van der Waals surface area contributed by atoms with Gasteiger partial charge in [0, 0.05) is 44.3 Å². The Labute approximate surface area is 178 Å². The molecule has 1 aromatic heterocycles. The summed E-state index contributed by atoms with van der Waals surface area (Å²) in [6, 6.07) is 1.66. The summed E-state index contributed by atoms with van der Waals surface area (Å²) in [7, 11) is 0. The molecule has 3 aliphatic rings. The fraction of sp³-hybridized carbons (Fsp3) is 0.727. The Morgan fingerprint density at radius 3 is 2.77 bits per heavy atom. The summed E-state index contributed by atoms with van der Waals surface area (Å²) >= 11 is 0. The van der Waals surface area contributed by atoms with Crippen molar-refractivity contribution < 1.29 is 14.4 Å². The van der Waals surface area contributed by atoms with E-state index in [-0.39, 0.29) is 42.1 Å². The molecule has 8 heteroatoms. The fourth-order valence-corrected chi connectivity index (χ4v) is 4.99. The van der Waals surface area contributed by atoms with Crippen LogP contribution in [0.5, 0.6) is 0 Å². The van der Waals surface area contributed by atoms with Crippen LogP contribution < -0.4 is 5.32 Å². The van der Waals surface area contributed by atoms with Gasteiger partial charge in [0.1, 0.15) is 5.69 Å². The molecule has 0 radical (unpaired) electrons. The average molecular weight is 416 g/mol. The van der Waals surface area contributed by atoms with E-state index >= 15 is 0 Å². The minimum absolute atomic E-state index is 0.0373. The fourth-order valence-electron chi connectivity index (χ4n) is 4.99. The van der Waals surface area contributed by atoms with Crippen LogP contribution in [0.2, 0.25) is 0 Å². The second-order valence-corrected chi connectivity index (χ2v) is 9.05. The Kier molecular flexibility index (Phi) is 6.11. The van der Waals surface area contributed by atoms with Crippen molar-refractivity contribution in [3.8, 4) is 0 Å². The predicted molar refractivity (Wildman–Crippen MR) is 112 cm³/mol. The number of nitrogens with one attached hydrogen (secondary N) is 1. The van der Waals surface area contributed by atoms with E-state index in [2.05, 4.69) is 17.3 Å². The third-order valence-corrected chi connectivity index (χ3v) is 6.68. The van der Waals surface area contributed by atoms with Crippen LogP contribution >= 0.6 is 0 Å². The molecular formula is C22H33N5O3. The molecule has 1 N–H and O–H groups in total. The molecule has 1 aliphatic heterocycles. The highest BCUT2D eigenvalue weighted by atomic mass is 16.2. The van der Waals surface area contributed by atoms with E-state index < -0.39 is 0 Å². The first-order chi connectivity index (χ1) is 14.5. The van der Waals surface area contributed by atoms with Gasteiger partial charge in [-0.05, 0) is 56.9 Å². The van der Waals surface area contributed by atoms with E-state index in [4.69, 9.17) is 0 Å². The highest BCUT2D eigenvalue weighted by Crippen LogP contribution is 2.36. The van der Waals surface area contributed by atoms with Gasteiger partial charge >= 0.3 is 0 Å². The first kappa shape index (κ1) is 20.9. The highest BCUT2D eigenvalue weighted by molar-refractivity contribution is 5.95. The first-order valence-electron chi connectivity index (χ1n) is 11.4. The van der Waals surface area contributed by atoms with Gasteiger partial charge in [0.05, 0.1) is 6.54 Å². The quantitative estimate of drug-likeness (QED) is 0.731. The Morgan fingerprint density at radius 1 is 1.27 bits per heavy atom. The van der Waals surface area contributed by atoms with Gasteiger partial charge in [0.15, 0.2) is 0 Å². The molecule has 0 spiro atoms. The SMILES string of the molecule is CCCN(CC1CC1)C(=O)[C@H]1C[C@@H]2CN(C(=O)c3ccnn3CC)CC(=O)N[C@@H]2C1.